The van der Waals surface area contributed by atoms with Gasteiger partial charge in [-0.15, -0.1) is 0 Å². The van der Waals surface area contributed by atoms with Gasteiger partial charge < -0.3 is 5.32 Å². The smallest absolute Gasteiger partial charge is 0.244 e. The van der Waals surface area contributed by atoms with Crippen LogP contribution in [0.3, 0.4) is 0 Å². The monoisotopic (exact) mass is 490 g/mol. The molecule has 1 atom stereocenters. The Labute approximate surface area is 177 Å². The minimum atomic E-state index is -4.24. The third kappa shape index (κ3) is 5.46. The van der Waals surface area contributed by atoms with Crippen molar-refractivity contribution in [1.82, 2.24) is 0 Å². The van der Waals surface area contributed by atoms with Gasteiger partial charge in [-0.25, -0.2) is 12.8 Å². The number of nitrogens with one attached hydrogen (secondary N) is 2. The van der Waals surface area contributed by atoms with E-state index in [2.05, 4.69) is 26.0 Å². The quantitative estimate of drug-likeness (QED) is 0.513. The molecule has 2 rings (SSSR count). The van der Waals surface area contributed by atoms with E-state index in [1.807, 2.05) is 0 Å². The molecule has 0 aliphatic heterocycles. The van der Waals surface area contributed by atoms with Crippen LogP contribution < -0.4 is 10.0 Å². The molecule has 0 unspecified atom stereocenters. The number of amides is 1. The molecule has 0 aromatic heterocycles. The minimum Gasteiger partial charge on any atom is -0.325 e. The maximum absolute atomic E-state index is 14.5. The maximum Gasteiger partial charge on any atom is 0.244 e. The number of anilines is 2. The summed E-state index contributed by atoms with van der Waals surface area (Å²) in [5.41, 5.74) is 0.607. The van der Waals surface area contributed by atoms with Gasteiger partial charge in [-0.05, 0) is 43.0 Å². The molecule has 0 saturated heterocycles. The van der Waals surface area contributed by atoms with Crippen molar-refractivity contribution < 1.29 is 17.6 Å². The molecule has 2 aromatic carbocycles. The molecule has 0 spiro atoms. The van der Waals surface area contributed by atoms with Gasteiger partial charge in [0.25, 0.3) is 0 Å². The van der Waals surface area contributed by atoms with Crippen LogP contribution in [0.5, 0.6) is 0 Å². The van der Waals surface area contributed by atoms with Gasteiger partial charge in [-0.2, -0.15) is 0 Å². The molecule has 152 valence electrons. The molecule has 2 N–H and O–H groups in total. The largest absolute Gasteiger partial charge is 0.325 e. The summed E-state index contributed by atoms with van der Waals surface area (Å²) in [7, 11) is -4.24. The predicted octanol–water partition coefficient (Wildman–Crippen LogP) is 5.35. The zero-order valence-corrected chi connectivity index (χ0v) is 18.8. The first-order chi connectivity index (χ1) is 13.0. The number of rotatable bonds is 7. The summed E-state index contributed by atoms with van der Waals surface area (Å²) < 4.78 is 43.0. The van der Waals surface area contributed by atoms with Crippen molar-refractivity contribution in [2.75, 3.05) is 10.0 Å². The Bertz CT molecular complexity index is 969. The van der Waals surface area contributed by atoms with Crippen LogP contribution in [0.15, 0.2) is 40.9 Å². The topological polar surface area (TPSA) is 75.3 Å². The fraction of sp³-hybridized carbons (Fsp3) is 0.316. The van der Waals surface area contributed by atoms with Gasteiger partial charge in [0.2, 0.25) is 15.9 Å². The first kappa shape index (κ1) is 22.6. The average molecular weight is 492 g/mol. The molecule has 2 aromatic rings. The Kier molecular flexibility index (Phi) is 7.47. The van der Waals surface area contributed by atoms with Crippen molar-refractivity contribution >= 4 is 54.8 Å². The molecule has 5 nitrogen and oxygen atoms in total. The van der Waals surface area contributed by atoms with Crippen LogP contribution in [0.4, 0.5) is 15.8 Å². The molecule has 0 saturated carbocycles. The molecule has 0 radical (unpaired) electrons. The van der Waals surface area contributed by atoms with E-state index in [9.17, 15) is 17.6 Å². The van der Waals surface area contributed by atoms with E-state index in [0.717, 1.165) is 0 Å². The Hall–Kier alpha value is -1.64. The summed E-state index contributed by atoms with van der Waals surface area (Å²) in [4.78, 5) is 12.7. The lowest BCUT2D eigenvalue weighted by Crippen LogP contribution is -2.39. The second-order valence-corrected chi connectivity index (χ2v) is 9.87. The third-order valence-corrected chi connectivity index (χ3v) is 6.97. The average Bonchev–Trinajstić information content (AvgIpc) is 2.62. The van der Waals surface area contributed by atoms with E-state index in [-0.39, 0.29) is 23.0 Å². The van der Waals surface area contributed by atoms with Crippen LogP contribution in [0.25, 0.3) is 0 Å². The van der Waals surface area contributed by atoms with E-state index < -0.39 is 27.0 Å². The molecule has 1 amide bonds. The van der Waals surface area contributed by atoms with Gasteiger partial charge in [0.15, 0.2) is 11.1 Å². The first-order valence-electron chi connectivity index (χ1n) is 8.54. The van der Waals surface area contributed by atoms with Gasteiger partial charge in [-0.1, -0.05) is 59.6 Å². The summed E-state index contributed by atoms with van der Waals surface area (Å²) in [5.74, 6) is -1.66. The molecule has 9 heteroatoms. The zero-order valence-electron chi connectivity index (χ0n) is 15.6. The van der Waals surface area contributed by atoms with E-state index in [0.29, 0.717) is 15.7 Å². The summed E-state index contributed by atoms with van der Waals surface area (Å²) in [6.45, 7) is 5.21. The van der Waals surface area contributed by atoms with Crippen molar-refractivity contribution in [3.63, 3.8) is 0 Å². The lowest BCUT2D eigenvalue weighted by Gasteiger charge is -2.21. The standard InChI is InChI=1S/C19H21BrClFN2O3S/c1-11(2)9-16(19(25)23-13-7-5-4-6-8-13)28(26,27)24-15-10-14(20)12(3)17(21)18(15)22/h4-8,10-11,16,24H,9H2,1-3H3,(H,23,25)/t16-/m1/s1. The fourth-order valence-electron chi connectivity index (χ4n) is 2.53. The number of sulfonamides is 1. The zero-order chi connectivity index (χ0) is 21.1. The third-order valence-electron chi connectivity index (χ3n) is 4.03. The number of hydrogen-bond acceptors (Lipinski definition) is 3. The Morgan fingerprint density at radius 2 is 1.86 bits per heavy atom. The molecule has 0 heterocycles. The molecule has 0 bridgehead atoms. The van der Waals surface area contributed by atoms with E-state index in [1.54, 1.807) is 51.1 Å². The van der Waals surface area contributed by atoms with Crippen LogP contribution in [0.1, 0.15) is 25.8 Å². The second-order valence-electron chi connectivity index (χ2n) is 6.78. The highest BCUT2D eigenvalue weighted by Gasteiger charge is 2.34. The van der Waals surface area contributed by atoms with Gasteiger partial charge >= 0.3 is 0 Å². The van der Waals surface area contributed by atoms with Crippen LogP contribution in [-0.4, -0.2) is 19.6 Å². The number of halogens is 3. The summed E-state index contributed by atoms with van der Waals surface area (Å²) in [6.07, 6.45) is 0.0659. The van der Waals surface area contributed by atoms with E-state index >= 15 is 0 Å². The van der Waals surface area contributed by atoms with Crippen molar-refractivity contribution in [2.45, 2.75) is 32.4 Å². The van der Waals surface area contributed by atoms with Gasteiger partial charge in [0.05, 0.1) is 10.7 Å². The van der Waals surface area contributed by atoms with E-state index in [1.165, 1.54) is 6.07 Å². The van der Waals surface area contributed by atoms with Crippen molar-refractivity contribution in [2.24, 2.45) is 5.92 Å². The molecule has 0 aliphatic rings. The van der Waals surface area contributed by atoms with Crippen molar-refractivity contribution in [3.05, 3.63) is 57.3 Å². The maximum atomic E-state index is 14.5. The first-order valence-corrected chi connectivity index (χ1v) is 11.3. The van der Waals surface area contributed by atoms with Gasteiger partial charge in [-0.3, -0.25) is 9.52 Å². The lowest BCUT2D eigenvalue weighted by atomic mass is 10.1. The lowest BCUT2D eigenvalue weighted by molar-refractivity contribution is -0.116. The number of hydrogen-bond donors (Lipinski definition) is 2. The van der Waals surface area contributed by atoms with Crippen LogP contribution in [0, 0.1) is 18.7 Å². The second kappa shape index (κ2) is 9.24. The van der Waals surface area contributed by atoms with Crippen LogP contribution in [-0.2, 0) is 14.8 Å². The van der Waals surface area contributed by atoms with Gasteiger partial charge in [0, 0.05) is 10.2 Å². The number of carbonyl (C=O) groups excluding carboxylic acids is 1. The minimum absolute atomic E-state index is 0.0659. The highest BCUT2D eigenvalue weighted by Crippen LogP contribution is 2.33. The summed E-state index contributed by atoms with van der Waals surface area (Å²) in [5, 5.41) is 0.994. The van der Waals surface area contributed by atoms with Gasteiger partial charge in [0.1, 0.15) is 0 Å². The number of benzene rings is 2. The van der Waals surface area contributed by atoms with Crippen molar-refractivity contribution in [1.29, 1.82) is 0 Å². The highest BCUT2D eigenvalue weighted by molar-refractivity contribution is 9.10. The molecular formula is C19H21BrClFN2O3S. The molecule has 0 aliphatic carbocycles. The molecule has 28 heavy (non-hydrogen) atoms. The summed E-state index contributed by atoms with van der Waals surface area (Å²) >= 11 is 9.16. The van der Waals surface area contributed by atoms with E-state index in [4.69, 9.17) is 11.6 Å². The summed E-state index contributed by atoms with van der Waals surface area (Å²) in [6, 6.07) is 9.82. The van der Waals surface area contributed by atoms with Crippen LogP contribution in [0.2, 0.25) is 5.02 Å². The predicted molar refractivity (Wildman–Crippen MR) is 115 cm³/mol. The Morgan fingerprint density at radius 1 is 1.25 bits per heavy atom. The number of carbonyl (C=O) groups is 1. The highest BCUT2D eigenvalue weighted by atomic mass is 79.9. The Balaban J connectivity index is 2.36. The number of para-hydroxylation sites is 1. The SMILES string of the molecule is Cc1c(Br)cc(NS(=O)(=O)[C@H](CC(C)C)C(=O)Nc2ccccc2)c(F)c1Cl. The normalized spacial score (nSPS) is 12.7. The fourth-order valence-corrected chi connectivity index (χ4v) is 4.85. The molecular weight excluding hydrogens is 471 g/mol. The van der Waals surface area contributed by atoms with Crippen LogP contribution >= 0.6 is 27.5 Å². The Morgan fingerprint density at radius 3 is 2.43 bits per heavy atom. The molecule has 0 fully saturated rings. The van der Waals surface area contributed by atoms with Crippen molar-refractivity contribution in [3.8, 4) is 0 Å².